The Morgan fingerprint density at radius 1 is 1.36 bits per heavy atom. The number of methoxy groups -OCH3 is 1. The molecule has 130 valence electrons. The zero-order valence-electron chi connectivity index (χ0n) is 14.1. The predicted octanol–water partition coefficient (Wildman–Crippen LogP) is 4.34. The summed E-state index contributed by atoms with van der Waals surface area (Å²) >= 11 is 3.46. The predicted molar refractivity (Wildman–Crippen MR) is 104 cm³/mol. The van der Waals surface area contributed by atoms with E-state index in [-0.39, 0.29) is 0 Å². The first-order valence-electron chi connectivity index (χ1n) is 8.40. The number of anilines is 1. The Kier molecular flexibility index (Phi) is 4.87. The highest BCUT2D eigenvalue weighted by Gasteiger charge is 2.30. The first-order valence-corrected chi connectivity index (χ1v) is 10.2. The SMILES string of the molecule is COCCCSc1sc2nc(-c3cccnc3)nc(C3CC3)c2c1N. The van der Waals surface area contributed by atoms with Crippen LogP contribution in [0, 0.1) is 0 Å². The first-order chi connectivity index (χ1) is 12.3. The summed E-state index contributed by atoms with van der Waals surface area (Å²) in [6.45, 7) is 0.774. The Labute approximate surface area is 155 Å². The van der Waals surface area contributed by atoms with Gasteiger partial charge < -0.3 is 10.5 Å². The standard InChI is InChI=1S/C18H20N4OS2/c1-23-8-3-9-24-18-14(19)13-15(11-5-6-11)21-16(22-17(13)25-18)12-4-2-7-20-10-12/h2,4,7,10-11H,3,5-6,8-9,19H2,1H3. The monoisotopic (exact) mass is 372 g/mol. The fraction of sp³-hybridized carbons (Fsp3) is 0.389. The van der Waals surface area contributed by atoms with Crippen molar-refractivity contribution in [1.82, 2.24) is 15.0 Å². The Morgan fingerprint density at radius 3 is 2.96 bits per heavy atom. The van der Waals surface area contributed by atoms with Crippen molar-refractivity contribution in [2.24, 2.45) is 0 Å². The third kappa shape index (κ3) is 3.49. The summed E-state index contributed by atoms with van der Waals surface area (Å²) < 4.78 is 6.27. The molecule has 4 rings (SSSR count). The summed E-state index contributed by atoms with van der Waals surface area (Å²) in [6, 6.07) is 3.92. The number of nitrogens with two attached hydrogens (primary N) is 1. The van der Waals surface area contributed by atoms with Crippen molar-refractivity contribution in [3.63, 3.8) is 0 Å². The van der Waals surface area contributed by atoms with Gasteiger partial charge in [-0.1, -0.05) is 0 Å². The second-order valence-electron chi connectivity index (χ2n) is 6.13. The van der Waals surface area contributed by atoms with E-state index in [1.807, 2.05) is 18.3 Å². The van der Waals surface area contributed by atoms with Crippen molar-refractivity contribution in [1.29, 1.82) is 0 Å². The number of hydrogen-bond acceptors (Lipinski definition) is 7. The molecule has 3 aromatic rings. The molecule has 25 heavy (non-hydrogen) atoms. The highest BCUT2D eigenvalue weighted by atomic mass is 32.2. The van der Waals surface area contributed by atoms with Crippen LogP contribution < -0.4 is 5.73 Å². The van der Waals surface area contributed by atoms with Crippen molar-refractivity contribution < 1.29 is 4.74 Å². The molecule has 0 amide bonds. The Bertz CT molecular complexity index is 878. The van der Waals surface area contributed by atoms with E-state index in [0.717, 1.165) is 56.0 Å². The van der Waals surface area contributed by atoms with Gasteiger partial charge in [0, 0.05) is 43.3 Å². The van der Waals surface area contributed by atoms with E-state index >= 15 is 0 Å². The third-order valence-corrected chi connectivity index (χ3v) is 6.66. The number of thiophene rings is 1. The summed E-state index contributed by atoms with van der Waals surface area (Å²) in [6.07, 6.45) is 6.96. The molecule has 0 bridgehead atoms. The van der Waals surface area contributed by atoms with Crippen LogP contribution in [0.2, 0.25) is 0 Å². The van der Waals surface area contributed by atoms with E-state index in [0.29, 0.717) is 5.92 Å². The largest absolute Gasteiger partial charge is 0.397 e. The van der Waals surface area contributed by atoms with E-state index < -0.39 is 0 Å². The number of pyridine rings is 1. The molecule has 0 saturated heterocycles. The summed E-state index contributed by atoms with van der Waals surface area (Å²) in [5, 5.41) is 1.06. The number of aromatic nitrogens is 3. The van der Waals surface area contributed by atoms with Gasteiger partial charge in [-0.2, -0.15) is 0 Å². The lowest BCUT2D eigenvalue weighted by atomic mass is 10.1. The molecule has 1 aliphatic rings. The maximum Gasteiger partial charge on any atom is 0.162 e. The van der Waals surface area contributed by atoms with E-state index in [1.54, 1.807) is 36.4 Å². The lowest BCUT2D eigenvalue weighted by Gasteiger charge is -2.06. The molecule has 7 heteroatoms. The van der Waals surface area contributed by atoms with Crippen LogP contribution in [0.1, 0.15) is 30.9 Å². The van der Waals surface area contributed by atoms with Crippen LogP contribution in [0.5, 0.6) is 0 Å². The Hall–Kier alpha value is -1.70. The maximum atomic E-state index is 6.47. The summed E-state index contributed by atoms with van der Waals surface area (Å²) in [4.78, 5) is 14.8. The minimum absolute atomic E-state index is 0.518. The Morgan fingerprint density at radius 2 is 2.24 bits per heavy atom. The maximum absolute atomic E-state index is 6.47. The summed E-state index contributed by atoms with van der Waals surface area (Å²) in [5.74, 6) is 2.26. The van der Waals surface area contributed by atoms with E-state index in [2.05, 4.69) is 4.98 Å². The third-order valence-electron chi connectivity index (χ3n) is 4.19. The smallest absolute Gasteiger partial charge is 0.162 e. The van der Waals surface area contributed by atoms with Crippen molar-refractivity contribution in [3.05, 3.63) is 30.2 Å². The minimum Gasteiger partial charge on any atom is -0.397 e. The topological polar surface area (TPSA) is 73.9 Å². The van der Waals surface area contributed by atoms with Gasteiger partial charge in [0.05, 0.1) is 21.0 Å². The Balaban J connectivity index is 1.74. The van der Waals surface area contributed by atoms with Crippen LogP contribution >= 0.6 is 23.1 Å². The van der Waals surface area contributed by atoms with Crippen LogP contribution in [0.4, 0.5) is 5.69 Å². The van der Waals surface area contributed by atoms with Crippen molar-refractivity contribution >= 4 is 39.0 Å². The molecule has 1 aliphatic carbocycles. The van der Waals surface area contributed by atoms with Crippen molar-refractivity contribution in [2.45, 2.75) is 29.4 Å². The average molecular weight is 373 g/mol. The molecule has 0 atom stereocenters. The van der Waals surface area contributed by atoms with Crippen molar-refractivity contribution in [2.75, 3.05) is 25.2 Å². The average Bonchev–Trinajstić information content (AvgIpc) is 3.44. The molecule has 0 unspecified atom stereocenters. The van der Waals surface area contributed by atoms with Crippen LogP contribution in [0.15, 0.2) is 28.7 Å². The van der Waals surface area contributed by atoms with Gasteiger partial charge >= 0.3 is 0 Å². The fourth-order valence-corrected chi connectivity index (χ4v) is 5.04. The number of rotatable bonds is 7. The number of fused-ring (bicyclic) bond motifs is 1. The van der Waals surface area contributed by atoms with Crippen molar-refractivity contribution in [3.8, 4) is 11.4 Å². The molecule has 0 aromatic carbocycles. The van der Waals surface area contributed by atoms with Crippen LogP contribution in [-0.4, -0.2) is 34.4 Å². The number of ether oxygens (including phenoxy) is 1. The number of hydrogen-bond donors (Lipinski definition) is 1. The van der Waals surface area contributed by atoms with Gasteiger partial charge in [0.2, 0.25) is 0 Å². The summed E-state index contributed by atoms with van der Waals surface area (Å²) in [7, 11) is 1.73. The molecule has 3 heterocycles. The zero-order chi connectivity index (χ0) is 17.2. The molecule has 2 N–H and O–H groups in total. The molecule has 1 fully saturated rings. The molecule has 3 aromatic heterocycles. The number of thioether (sulfide) groups is 1. The van der Waals surface area contributed by atoms with E-state index in [1.165, 1.54) is 12.8 Å². The second kappa shape index (κ2) is 7.27. The first kappa shape index (κ1) is 16.8. The highest BCUT2D eigenvalue weighted by molar-refractivity contribution is 8.01. The van der Waals surface area contributed by atoms with Gasteiger partial charge in [0.1, 0.15) is 4.83 Å². The molecule has 0 radical (unpaired) electrons. The van der Waals surface area contributed by atoms with Gasteiger partial charge in [-0.15, -0.1) is 23.1 Å². The lowest BCUT2D eigenvalue weighted by molar-refractivity contribution is 0.200. The van der Waals surface area contributed by atoms with Crippen LogP contribution in [0.25, 0.3) is 21.6 Å². The molecule has 5 nitrogen and oxygen atoms in total. The molecule has 0 spiro atoms. The molecule has 0 aliphatic heterocycles. The van der Waals surface area contributed by atoms with Gasteiger partial charge in [-0.25, -0.2) is 9.97 Å². The van der Waals surface area contributed by atoms with E-state index in [9.17, 15) is 0 Å². The second-order valence-corrected chi connectivity index (χ2v) is 8.49. The molecule has 1 saturated carbocycles. The van der Waals surface area contributed by atoms with Gasteiger partial charge in [-0.3, -0.25) is 4.98 Å². The van der Waals surface area contributed by atoms with E-state index in [4.69, 9.17) is 20.4 Å². The van der Waals surface area contributed by atoms with Gasteiger partial charge in [0.15, 0.2) is 5.82 Å². The van der Waals surface area contributed by atoms with Gasteiger partial charge in [-0.05, 0) is 31.4 Å². The highest BCUT2D eigenvalue weighted by Crippen LogP contribution is 2.48. The zero-order valence-corrected chi connectivity index (χ0v) is 15.7. The normalized spacial score (nSPS) is 14.3. The quantitative estimate of drug-likeness (QED) is 0.491. The summed E-state index contributed by atoms with van der Waals surface area (Å²) in [5.41, 5.74) is 9.39. The molecular formula is C18H20N4OS2. The number of nitrogens with zero attached hydrogens (tertiary/aromatic N) is 3. The molecular weight excluding hydrogens is 352 g/mol. The number of nitrogen functional groups attached to an aromatic ring is 1. The fourth-order valence-electron chi connectivity index (χ4n) is 2.78. The van der Waals surface area contributed by atoms with Crippen LogP contribution in [-0.2, 0) is 4.74 Å². The van der Waals surface area contributed by atoms with Gasteiger partial charge in [0.25, 0.3) is 0 Å². The van der Waals surface area contributed by atoms with Crippen LogP contribution in [0.3, 0.4) is 0 Å². The minimum atomic E-state index is 0.518. The lowest BCUT2D eigenvalue weighted by Crippen LogP contribution is -1.97.